The number of urea groups is 1. The molecule has 1 saturated heterocycles. The summed E-state index contributed by atoms with van der Waals surface area (Å²) in [7, 11) is 0. The largest absolute Gasteiger partial charge is 0.461 e. The van der Waals surface area contributed by atoms with Crippen molar-refractivity contribution in [3.05, 3.63) is 30.0 Å². The molecule has 1 aliphatic heterocycles. The first-order valence-electron chi connectivity index (χ1n) is 8.33. The van der Waals surface area contributed by atoms with Crippen molar-refractivity contribution in [2.45, 2.75) is 39.2 Å². The van der Waals surface area contributed by atoms with Crippen LogP contribution in [0.2, 0.25) is 0 Å². The number of carbonyl (C=O) groups is 1. The van der Waals surface area contributed by atoms with Crippen LogP contribution in [0.25, 0.3) is 11.0 Å². The van der Waals surface area contributed by atoms with E-state index in [0.29, 0.717) is 6.54 Å². The minimum atomic E-state index is -0.0608. The summed E-state index contributed by atoms with van der Waals surface area (Å²) in [5.41, 5.74) is 1.63. The second-order valence-electron chi connectivity index (χ2n) is 6.12. The highest BCUT2D eigenvalue weighted by Gasteiger charge is 2.24. The van der Waals surface area contributed by atoms with Crippen LogP contribution in [0, 0.1) is 6.92 Å². The average Bonchev–Trinajstić information content (AvgIpc) is 2.92. The fourth-order valence-corrected chi connectivity index (χ4v) is 3.00. The van der Waals surface area contributed by atoms with Gasteiger partial charge in [-0.3, -0.25) is 0 Å². The molecule has 124 valence electrons. The number of piperidine rings is 1. The van der Waals surface area contributed by atoms with Gasteiger partial charge in [-0.05, 0) is 50.5 Å². The summed E-state index contributed by atoms with van der Waals surface area (Å²) in [6.45, 7) is 6.23. The van der Waals surface area contributed by atoms with Crippen LogP contribution in [-0.4, -0.2) is 36.7 Å². The third-order valence-electron chi connectivity index (χ3n) is 4.11. The summed E-state index contributed by atoms with van der Waals surface area (Å²) in [6.07, 6.45) is 3.19. The van der Waals surface area contributed by atoms with Crippen LogP contribution in [0.4, 0.5) is 10.5 Å². The topological polar surface area (TPSA) is 54.7 Å². The zero-order valence-corrected chi connectivity index (χ0v) is 13.8. The lowest BCUT2D eigenvalue weighted by molar-refractivity contribution is 0.0115. The molecular formula is C18H24N2O3. The number of fused-ring (bicyclic) bond motifs is 1. The van der Waals surface area contributed by atoms with Gasteiger partial charge in [-0.25, -0.2) is 4.79 Å². The van der Waals surface area contributed by atoms with E-state index in [9.17, 15) is 4.79 Å². The van der Waals surface area contributed by atoms with Gasteiger partial charge in [0, 0.05) is 30.8 Å². The number of rotatable bonds is 4. The van der Waals surface area contributed by atoms with Gasteiger partial charge in [0.25, 0.3) is 0 Å². The molecule has 5 nitrogen and oxygen atoms in total. The van der Waals surface area contributed by atoms with E-state index >= 15 is 0 Å². The molecule has 0 radical (unpaired) electrons. The van der Waals surface area contributed by atoms with Gasteiger partial charge in [0.2, 0.25) is 0 Å². The third-order valence-corrected chi connectivity index (χ3v) is 4.11. The number of amides is 2. The number of hydrogen-bond acceptors (Lipinski definition) is 3. The number of aryl methyl sites for hydroxylation is 1. The lowest BCUT2D eigenvalue weighted by Crippen LogP contribution is -2.45. The fourth-order valence-electron chi connectivity index (χ4n) is 3.00. The second kappa shape index (κ2) is 7.04. The number of hydrogen-bond donors (Lipinski definition) is 1. The zero-order chi connectivity index (χ0) is 16.2. The van der Waals surface area contributed by atoms with Crippen molar-refractivity contribution in [1.29, 1.82) is 0 Å². The Kier molecular flexibility index (Phi) is 4.86. The molecule has 1 aliphatic rings. The van der Waals surface area contributed by atoms with Crippen molar-refractivity contribution in [2.75, 3.05) is 25.0 Å². The molecule has 0 aliphatic carbocycles. The van der Waals surface area contributed by atoms with Crippen molar-refractivity contribution in [1.82, 2.24) is 4.90 Å². The van der Waals surface area contributed by atoms with Crippen molar-refractivity contribution in [3.8, 4) is 0 Å². The summed E-state index contributed by atoms with van der Waals surface area (Å²) >= 11 is 0. The summed E-state index contributed by atoms with van der Waals surface area (Å²) < 4.78 is 11.3. The van der Waals surface area contributed by atoms with Crippen molar-refractivity contribution in [3.63, 3.8) is 0 Å². The molecule has 1 aromatic heterocycles. The highest BCUT2D eigenvalue weighted by Crippen LogP contribution is 2.23. The maximum Gasteiger partial charge on any atom is 0.321 e. The van der Waals surface area contributed by atoms with Gasteiger partial charge in [0.15, 0.2) is 0 Å². The number of anilines is 1. The van der Waals surface area contributed by atoms with E-state index in [4.69, 9.17) is 9.15 Å². The van der Waals surface area contributed by atoms with Gasteiger partial charge in [-0.15, -0.1) is 0 Å². The molecule has 1 N–H and O–H groups in total. The van der Waals surface area contributed by atoms with Crippen LogP contribution in [0.15, 0.2) is 28.7 Å². The Balaban J connectivity index is 1.62. The molecule has 5 heteroatoms. The molecule has 0 saturated carbocycles. The van der Waals surface area contributed by atoms with E-state index in [1.807, 2.05) is 36.1 Å². The molecule has 2 amide bonds. The average molecular weight is 316 g/mol. The number of nitrogens with one attached hydrogen (secondary N) is 1. The molecule has 1 atom stereocenters. The van der Waals surface area contributed by atoms with E-state index in [-0.39, 0.29) is 12.1 Å². The van der Waals surface area contributed by atoms with E-state index in [2.05, 4.69) is 12.2 Å². The Hall–Kier alpha value is -2.01. The first-order valence-corrected chi connectivity index (χ1v) is 8.33. The second-order valence-corrected chi connectivity index (χ2v) is 6.12. The summed E-state index contributed by atoms with van der Waals surface area (Å²) in [4.78, 5) is 14.3. The van der Waals surface area contributed by atoms with Crippen LogP contribution in [0.3, 0.4) is 0 Å². The van der Waals surface area contributed by atoms with Crippen molar-refractivity contribution >= 4 is 22.7 Å². The van der Waals surface area contributed by atoms with Gasteiger partial charge < -0.3 is 19.4 Å². The van der Waals surface area contributed by atoms with E-state index in [0.717, 1.165) is 54.8 Å². The quantitative estimate of drug-likeness (QED) is 0.921. The Morgan fingerprint density at radius 2 is 2.30 bits per heavy atom. The van der Waals surface area contributed by atoms with Gasteiger partial charge in [-0.1, -0.05) is 6.92 Å². The number of furan rings is 1. The lowest BCUT2D eigenvalue weighted by atomic mass is 10.1. The Labute approximate surface area is 136 Å². The number of likely N-dealkylation sites (tertiary alicyclic amines) is 1. The highest BCUT2D eigenvalue weighted by molar-refractivity contribution is 5.92. The van der Waals surface area contributed by atoms with E-state index < -0.39 is 0 Å². The fraction of sp³-hybridized carbons (Fsp3) is 0.500. The monoisotopic (exact) mass is 316 g/mol. The van der Waals surface area contributed by atoms with Crippen LogP contribution < -0.4 is 5.32 Å². The minimum absolute atomic E-state index is 0.0608. The molecule has 23 heavy (non-hydrogen) atoms. The van der Waals surface area contributed by atoms with Gasteiger partial charge >= 0.3 is 6.03 Å². The lowest BCUT2D eigenvalue weighted by Gasteiger charge is -2.32. The number of nitrogens with zero attached hydrogens (tertiary/aromatic N) is 1. The van der Waals surface area contributed by atoms with Crippen LogP contribution >= 0.6 is 0 Å². The standard InChI is InChI=1S/C18H24N2O3/c1-3-9-22-16-5-4-8-20(12-16)18(21)19-15-6-7-17-14(11-15)10-13(2)23-17/h6-7,10-11,16H,3-5,8-9,12H2,1-2H3,(H,19,21)/t16-/m0/s1. The molecule has 0 unspecified atom stereocenters. The molecular weight excluding hydrogens is 292 g/mol. The summed E-state index contributed by atoms with van der Waals surface area (Å²) in [6, 6.07) is 7.62. The number of carbonyl (C=O) groups excluding carboxylic acids is 1. The molecule has 1 fully saturated rings. The molecule has 2 aromatic rings. The third kappa shape index (κ3) is 3.85. The maximum atomic E-state index is 12.5. The van der Waals surface area contributed by atoms with E-state index in [1.54, 1.807) is 0 Å². The summed E-state index contributed by atoms with van der Waals surface area (Å²) in [5.74, 6) is 0.871. The SMILES string of the molecule is CCCO[C@H]1CCCN(C(=O)Nc2ccc3oc(C)cc3c2)C1. The van der Waals surface area contributed by atoms with Crippen molar-refractivity contribution < 1.29 is 13.9 Å². The molecule has 1 aromatic carbocycles. The summed E-state index contributed by atoms with van der Waals surface area (Å²) in [5, 5.41) is 3.98. The predicted molar refractivity (Wildman–Crippen MR) is 90.8 cm³/mol. The number of ether oxygens (including phenoxy) is 1. The van der Waals surface area contributed by atoms with Crippen LogP contribution in [0.5, 0.6) is 0 Å². The maximum absolute atomic E-state index is 12.5. The Morgan fingerprint density at radius 1 is 1.43 bits per heavy atom. The minimum Gasteiger partial charge on any atom is -0.461 e. The normalized spacial score (nSPS) is 18.3. The predicted octanol–water partition coefficient (Wildman–Crippen LogP) is 4.16. The molecule has 0 bridgehead atoms. The highest BCUT2D eigenvalue weighted by atomic mass is 16.5. The van der Waals surface area contributed by atoms with E-state index in [1.165, 1.54) is 0 Å². The Bertz CT molecular complexity index is 680. The first kappa shape index (κ1) is 15.9. The van der Waals surface area contributed by atoms with Crippen molar-refractivity contribution in [2.24, 2.45) is 0 Å². The zero-order valence-electron chi connectivity index (χ0n) is 13.8. The molecule has 0 spiro atoms. The first-order chi connectivity index (χ1) is 11.2. The van der Waals surface area contributed by atoms with Gasteiger partial charge in [0.1, 0.15) is 11.3 Å². The van der Waals surface area contributed by atoms with Gasteiger partial charge in [-0.2, -0.15) is 0 Å². The molecule has 2 heterocycles. The number of benzene rings is 1. The smallest absolute Gasteiger partial charge is 0.321 e. The van der Waals surface area contributed by atoms with Crippen LogP contribution in [0.1, 0.15) is 31.9 Å². The van der Waals surface area contributed by atoms with Gasteiger partial charge in [0.05, 0.1) is 6.10 Å². The van der Waals surface area contributed by atoms with Crippen LogP contribution in [-0.2, 0) is 4.74 Å². The molecule has 3 rings (SSSR count). The Morgan fingerprint density at radius 3 is 3.13 bits per heavy atom.